The number of hydrogen-bond acceptors (Lipinski definition) is 4. The predicted molar refractivity (Wildman–Crippen MR) is 80.5 cm³/mol. The van der Waals surface area contributed by atoms with Crippen molar-refractivity contribution in [2.75, 3.05) is 26.3 Å². The molecule has 3 rings (SSSR count). The maximum Gasteiger partial charge on any atom is 0.276 e. The summed E-state index contributed by atoms with van der Waals surface area (Å²) in [5.41, 5.74) is 1.86. The maximum absolute atomic E-state index is 12.5. The van der Waals surface area contributed by atoms with E-state index in [9.17, 15) is 4.79 Å². The molecule has 0 bridgehead atoms. The van der Waals surface area contributed by atoms with Crippen LogP contribution in [0, 0.1) is 6.92 Å². The van der Waals surface area contributed by atoms with Gasteiger partial charge in [0.2, 0.25) is 0 Å². The normalized spacial score (nSPS) is 15.2. The fourth-order valence-electron chi connectivity index (χ4n) is 2.18. The summed E-state index contributed by atoms with van der Waals surface area (Å²) in [5, 5.41) is 8.68. The quantitative estimate of drug-likeness (QED) is 0.828. The van der Waals surface area contributed by atoms with Gasteiger partial charge in [0.15, 0.2) is 5.69 Å². The summed E-state index contributed by atoms with van der Waals surface area (Å²) < 4.78 is 6.25. The van der Waals surface area contributed by atoms with E-state index < -0.39 is 0 Å². The number of carbonyl (C=O) groups excluding carboxylic acids is 1. The summed E-state index contributed by atoms with van der Waals surface area (Å²) in [6.07, 6.45) is 0. The lowest BCUT2D eigenvalue weighted by Gasteiger charge is -2.26. The van der Waals surface area contributed by atoms with E-state index in [0.717, 1.165) is 10.2 Å². The third kappa shape index (κ3) is 2.98. The Bertz CT molecular complexity index is 647. The average molecular weight is 351 g/mol. The molecular formula is C14H15BrN4O2. The number of aromatic nitrogens is 3. The lowest BCUT2D eigenvalue weighted by Crippen LogP contribution is -2.41. The molecule has 0 atom stereocenters. The minimum Gasteiger partial charge on any atom is -0.378 e. The van der Waals surface area contributed by atoms with Crippen LogP contribution in [0.15, 0.2) is 28.7 Å². The van der Waals surface area contributed by atoms with Crippen molar-refractivity contribution in [1.29, 1.82) is 0 Å². The van der Waals surface area contributed by atoms with Crippen LogP contribution in [0.5, 0.6) is 0 Å². The number of halogens is 1. The van der Waals surface area contributed by atoms with Crippen molar-refractivity contribution >= 4 is 21.8 Å². The summed E-state index contributed by atoms with van der Waals surface area (Å²) in [5.74, 6) is -0.0841. The molecule has 0 N–H and O–H groups in total. The molecule has 1 aliphatic heterocycles. The molecule has 1 saturated heterocycles. The van der Waals surface area contributed by atoms with Crippen molar-refractivity contribution in [3.63, 3.8) is 0 Å². The number of benzene rings is 1. The molecule has 0 unspecified atom stereocenters. The van der Waals surface area contributed by atoms with E-state index in [-0.39, 0.29) is 5.91 Å². The van der Waals surface area contributed by atoms with Gasteiger partial charge in [-0.25, -0.2) is 0 Å². The van der Waals surface area contributed by atoms with Gasteiger partial charge in [-0.3, -0.25) is 4.79 Å². The predicted octanol–water partition coefficient (Wildman–Crippen LogP) is 1.81. The minimum absolute atomic E-state index is 0.0841. The van der Waals surface area contributed by atoms with Gasteiger partial charge in [-0.2, -0.15) is 9.90 Å². The van der Waals surface area contributed by atoms with Crippen molar-refractivity contribution < 1.29 is 9.53 Å². The molecule has 7 heteroatoms. The molecule has 0 aliphatic carbocycles. The molecule has 0 spiro atoms. The summed E-state index contributed by atoms with van der Waals surface area (Å²) in [6.45, 7) is 4.15. The molecule has 1 aromatic heterocycles. The van der Waals surface area contributed by atoms with Crippen LogP contribution in [0.3, 0.4) is 0 Å². The van der Waals surface area contributed by atoms with E-state index in [1.165, 1.54) is 4.80 Å². The zero-order chi connectivity index (χ0) is 14.8. The van der Waals surface area contributed by atoms with E-state index in [4.69, 9.17) is 4.74 Å². The zero-order valence-corrected chi connectivity index (χ0v) is 13.2. The Labute approximate surface area is 130 Å². The van der Waals surface area contributed by atoms with E-state index in [1.807, 2.05) is 24.3 Å². The molecule has 1 aliphatic rings. The fourth-order valence-corrected chi connectivity index (χ4v) is 2.45. The molecule has 2 heterocycles. The van der Waals surface area contributed by atoms with Gasteiger partial charge in [-0.05, 0) is 31.2 Å². The minimum atomic E-state index is -0.0841. The van der Waals surface area contributed by atoms with Gasteiger partial charge in [-0.1, -0.05) is 15.9 Å². The molecule has 0 radical (unpaired) electrons. The second-order valence-electron chi connectivity index (χ2n) is 4.80. The van der Waals surface area contributed by atoms with Crippen LogP contribution in [0.2, 0.25) is 0 Å². The van der Waals surface area contributed by atoms with Crippen molar-refractivity contribution in [3.8, 4) is 5.69 Å². The smallest absolute Gasteiger partial charge is 0.276 e. The number of rotatable bonds is 2. The fraction of sp³-hybridized carbons (Fsp3) is 0.357. The van der Waals surface area contributed by atoms with Gasteiger partial charge < -0.3 is 9.64 Å². The molecule has 21 heavy (non-hydrogen) atoms. The van der Waals surface area contributed by atoms with Crippen molar-refractivity contribution in [1.82, 2.24) is 19.9 Å². The van der Waals surface area contributed by atoms with Gasteiger partial charge >= 0.3 is 0 Å². The van der Waals surface area contributed by atoms with Crippen molar-refractivity contribution in [2.24, 2.45) is 0 Å². The summed E-state index contributed by atoms with van der Waals surface area (Å²) in [4.78, 5) is 15.7. The second kappa shape index (κ2) is 5.95. The molecule has 2 aromatic rings. The maximum atomic E-state index is 12.5. The first-order valence-corrected chi connectivity index (χ1v) is 7.51. The highest BCUT2D eigenvalue weighted by Crippen LogP contribution is 2.15. The Morgan fingerprint density at radius 2 is 1.86 bits per heavy atom. The van der Waals surface area contributed by atoms with Gasteiger partial charge in [0.1, 0.15) is 0 Å². The SMILES string of the molecule is Cc1nn(-c2ccc(Br)cc2)nc1C(=O)N1CCOCC1. The number of nitrogens with zero attached hydrogens (tertiary/aromatic N) is 4. The molecule has 1 fully saturated rings. The Balaban J connectivity index is 1.87. The van der Waals surface area contributed by atoms with Gasteiger partial charge in [0, 0.05) is 17.6 Å². The highest BCUT2D eigenvalue weighted by molar-refractivity contribution is 9.10. The zero-order valence-electron chi connectivity index (χ0n) is 11.6. The van der Waals surface area contributed by atoms with E-state index in [1.54, 1.807) is 11.8 Å². The highest BCUT2D eigenvalue weighted by atomic mass is 79.9. The standard InChI is InChI=1S/C14H15BrN4O2/c1-10-13(14(20)18-6-8-21-9-7-18)17-19(16-10)12-4-2-11(15)3-5-12/h2-5H,6-9H2,1H3. The molecule has 6 nitrogen and oxygen atoms in total. The van der Waals surface area contributed by atoms with Crippen molar-refractivity contribution in [3.05, 3.63) is 40.1 Å². The monoisotopic (exact) mass is 350 g/mol. The Morgan fingerprint density at radius 3 is 2.52 bits per heavy atom. The second-order valence-corrected chi connectivity index (χ2v) is 5.72. The first-order chi connectivity index (χ1) is 10.1. The topological polar surface area (TPSA) is 60.2 Å². The van der Waals surface area contributed by atoms with Crippen LogP contribution in [0.25, 0.3) is 5.69 Å². The molecule has 1 amide bonds. The van der Waals surface area contributed by atoms with Crippen LogP contribution in [-0.2, 0) is 4.74 Å². The number of amides is 1. The lowest BCUT2D eigenvalue weighted by atomic mass is 10.3. The van der Waals surface area contributed by atoms with Crippen LogP contribution in [0.4, 0.5) is 0 Å². The third-order valence-electron chi connectivity index (χ3n) is 3.34. The Kier molecular flexibility index (Phi) is 4.03. The first-order valence-electron chi connectivity index (χ1n) is 6.72. The Morgan fingerprint density at radius 1 is 1.19 bits per heavy atom. The van der Waals surface area contributed by atoms with Crippen LogP contribution < -0.4 is 0 Å². The Hall–Kier alpha value is -1.73. The summed E-state index contributed by atoms with van der Waals surface area (Å²) in [7, 11) is 0. The number of ether oxygens (including phenoxy) is 1. The van der Waals surface area contributed by atoms with Gasteiger partial charge in [-0.15, -0.1) is 5.10 Å². The number of morpholine rings is 1. The van der Waals surface area contributed by atoms with E-state index >= 15 is 0 Å². The molecule has 1 aromatic carbocycles. The molecule has 110 valence electrons. The third-order valence-corrected chi connectivity index (χ3v) is 3.87. The summed E-state index contributed by atoms with van der Waals surface area (Å²) in [6, 6.07) is 7.62. The highest BCUT2D eigenvalue weighted by Gasteiger charge is 2.23. The van der Waals surface area contributed by atoms with E-state index in [2.05, 4.69) is 26.1 Å². The van der Waals surface area contributed by atoms with Crippen LogP contribution in [0.1, 0.15) is 16.2 Å². The first kappa shape index (κ1) is 14.2. The van der Waals surface area contributed by atoms with E-state index in [0.29, 0.717) is 37.7 Å². The number of carbonyl (C=O) groups is 1. The van der Waals surface area contributed by atoms with Crippen LogP contribution >= 0.6 is 15.9 Å². The van der Waals surface area contributed by atoms with Gasteiger partial charge in [0.05, 0.1) is 24.6 Å². The number of aryl methyl sites for hydroxylation is 1. The van der Waals surface area contributed by atoms with Gasteiger partial charge in [0.25, 0.3) is 5.91 Å². The number of hydrogen-bond donors (Lipinski definition) is 0. The van der Waals surface area contributed by atoms with Crippen LogP contribution in [-0.4, -0.2) is 52.1 Å². The summed E-state index contributed by atoms with van der Waals surface area (Å²) >= 11 is 3.39. The molecule has 0 saturated carbocycles. The average Bonchev–Trinajstić information content (AvgIpc) is 2.90. The lowest BCUT2D eigenvalue weighted by molar-refractivity contribution is 0.0298. The molecular weight excluding hydrogens is 336 g/mol. The van der Waals surface area contributed by atoms with Crippen molar-refractivity contribution in [2.45, 2.75) is 6.92 Å². The largest absolute Gasteiger partial charge is 0.378 e.